The van der Waals surface area contributed by atoms with Crippen molar-refractivity contribution in [3.63, 3.8) is 0 Å². The highest BCUT2D eigenvalue weighted by molar-refractivity contribution is 5.24. The number of aliphatic hydroxyl groups is 1. The van der Waals surface area contributed by atoms with Gasteiger partial charge >= 0.3 is 5.69 Å². The van der Waals surface area contributed by atoms with Gasteiger partial charge < -0.3 is 20.3 Å². The number of nitrogens with zero attached hydrogens (tertiary/aromatic N) is 2. The second-order valence-electron chi connectivity index (χ2n) is 5.74. The number of anilines is 1. The smallest absolute Gasteiger partial charge is 0.351 e. The van der Waals surface area contributed by atoms with E-state index in [-0.39, 0.29) is 5.82 Å². The normalized spacial score (nSPS) is 29.5. The first-order valence-corrected chi connectivity index (χ1v) is 7.80. The summed E-state index contributed by atoms with van der Waals surface area (Å²) >= 11 is 0. The lowest BCUT2D eigenvalue weighted by Gasteiger charge is -2.30. The van der Waals surface area contributed by atoms with E-state index >= 15 is 0 Å². The molecular weight excluding hydrogens is 317 g/mol. The van der Waals surface area contributed by atoms with Gasteiger partial charge in [0, 0.05) is 12.8 Å². The van der Waals surface area contributed by atoms with Crippen LogP contribution in [0.2, 0.25) is 0 Å². The molecule has 0 unspecified atom stereocenters. The Bertz CT molecular complexity index is 653. The quantitative estimate of drug-likeness (QED) is 0.554. The van der Waals surface area contributed by atoms with Crippen LogP contribution in [0.3, 0.4) is 0 Å². The van der Waals surface area contributed by atoms with Crippen molar-refractivity contribution in [2.75, 3.05) is 25.6 Å². The van der Waals surface area contributed by atoms with Crippen LogP contribution in [0.4, 0.5) is 10.2 Å². The van der Waals surface area contributed by atoms with E-state index in [0.29, 0.717) is 6.61 Å². The highest BCUT2D eigenvalue weighted by Gasteiger charge is 2.56. The first kappa shape index (κ1) is 18.4. The number of ether oxygens (including phenoxy) is 2. The Balaban J connectivity index is 2.39. The van der Waals surface area contributed by atoms with E-state index in [1.807, 2.05) is 6.92 Å². The number of hydrogen-bond acceptors (Lipinski definition) is 6. The minimum absolute atomic E-state index is 0.0566. The Morgan fingerprint density at radius 2 is 2.42 bits per heavy atom. The second kappa shape index (κ2) is 7.75. The van der Waals surface area contributed by atoms with Crippen LogP contribution in [-0.4, -0.2) is 46.3 Å². The number of nitrogen functional groups attached to an aromatic ring is 1. The Morgan fingerprint density at radius 3 is 2.96 bits per heavy atom. The van der Waals surface area contributed by atoms with Crippen molar-refractivity contribution >= 4 is 5.82 Å². The average molecular weight is 339 g/mol. The zero-order valence-electron chi connectivity index (χ0n) is 13.5. The van der Waals surface area contributed by atoms with Crippen LogP contribution in [0.25, 0.3) is 0 Å². The summed E-state index contributed by atoms with van der Waals surface area (Å²) in [5, 5.41) is 9.70. The molecule has 0 aliphatic carbocycles. The molecule has 3 N–H and O–H groups in total. The Kier molecular flexibility index (Phi) is 5.94. The van der Waals surface area contributed by atoms with E-state index in [2.05, 4.69) is 10.9 Å². The number of unbranched alkanes of at least 4 members (excludes halogenated alkanes) is 1. The molecule has 132 valence electrons. The molecule has 0 radical (unpaired) electrons. The van der Waals surface area contributed by atoms with Crippen LogP contribution in [-0.2, 0) is 9.47 Å². The molecule has 0 saturated carbocycles. The average Bonchev–Trinajstić information content (AvgIpc) is 2.89. The number of aliphatic hydroxyl groups excluding tert-OH is 1. The van der Waals surface area contributed by atoms with Crippen molar-refractivity contribution in [1.82, 2.24) is 9.55 Å². The summed E-state index contributed by atoms with van der Waals surface area (Å²) in [6, 6.07) is 1.42. The standard InChI is InChI=1S/C16H22FN3O4/c1-3-5-8-23-13-11(4-2)14(24-16(13,9-17)10-21)20-7-6-12(18)19-15(20)22/h2,6-7,11,13-14,21H,3,5,8-10H2,1H3,(H2,18,19,22)/t11-,13-,14+,16+/m0/s1. The lowest BCUT2D eigenvalue weighted by atomic mass is 9.91. The van der Waals surface area contributed by atoms with Gasteiger partial charge in [-0.2, -0.15) is 4.98 Å². The number of hydrogen-bond donors (Lipinski definition) is 2. The molecule has 0 aromatic carbocycles. The molecule has 1 aromatic heterocycles. The minimum atomic E-state index is -1.61. The fourth-order valence-electron chi connectivity index (χ4n) is 2.76. The number of terminal acetylenes is 1. The van der Waals surface area contributed by atoms with Crippen LogP contribution in [0.5, 0.6) is 0 Å². The van der Waals surface area contributed by atoms with Gasteiger partial charge in [0.1, 0.15) is 24.2 Å². The third kappa shape index (κ3) is 3.29. The predicted molar refractivity (Wildman–Crippen MR) is 85.8 cm³/mol. The zero-order chi connectivity index (χ0) is 17.7. The van der Waals surface area contributed by atoms with E-state index in [1.54, 1.807) is 0 Å². The Morgan fingerprint density at radius 1 is 1.67 bits per heavy atom. The van der Waals surface area contributed by atoms with Gasteiger partial charge in [-0.1, -0.05) is 19.3 Å². The molecule has 7 nitrogen and oxygen atoms in total. The van der Waals surface area contributed by atoms with E-state index in [1.165, 1.54) is 12.3 Å². The highest BCUT2D eigenvalue weighted by atomic mass is 19.1. The molecule has 2 heterocycles. The number of aromatic nitrogens is 2. The number of rotatable bonds is 7. The van der Waals surface area contributed by atoms with Gasteiger partial charge in [-0.15, -0.1) is 6.42 Å². The zero-order valence-corrected chi connectivity index (χ0v) is 13.5. The van der Waals surface area contributed by atoms with Crippen molar-refractivity contribution in [1.29, 1.82) is 0 Å². The summed E-state index contributed by atoms with van der Waals surface area (Å²) in [7, 11) is 0. The molecule has 1 aliphatic heterocycles. The van der Waals surface area contributed by atoms with Gasteiger partial charge in [-0.25, -0.2) is 9.18 Å². The van der Waals surface area contributed by atoms with Crippen molar-refractivity contribution in [2.24, 2.45) is 5.92 Å². The van der Waals surface area contributed by atoms with Gasteiger partial charge in [-0.05, 0) is 12.5 Å². The Labute approximate surface area is 139 Å². The third-order valence-electron chi connectivity index (χ3n) is 4.11. The van der Waals surface area contributed by atoms with Gasteiger partial charge in [0.05, 0.1) is 12.5 Å². The molecule has 2 rings (SSSR count). The summed E-state index contributed by atoms with van der Waals surface area (Å²) in [4.78, 5) is 15.7. The number of halogens is 1. The Hall–Kier alpha value is -1.95. The largest absolute Gasteiger partial charge is 0.393 e. The van der Waals surface area contributed by atoms with Crippen molar-refractivity contribution in [3.8, 4) is 12.3 Å². The van der Waals surface area contributed by atoms with E-state index in [4.69, 9.17) is 21.6 Å². The van der Waals surface area contributed by atoms with Gasteiger partial charge in [0.25, 0.3) is 0 Å². The van der Waals surface area contributed by atoms with Gasteiger partial charge in [-0.3, -0.25) is 4.57 Å². The van der Waals surface area contributed by atoms with Crippen molar-refractivity contribution in [3.05, 3.63) is 22.7 Å². The first-order valence-electron chi connectivity index (χ1n) is 7.80. The van der Waals surface area contributed by atoms with E-state index in [9.17, 15) is 14.3 Å². The summed E-state index contributed by atoms with van der Waals surface area (Å²) in [5.41, 5.74) is 3.20. The lowest BCUT2D eigenvalue weighted by molar-refractivity contribution is -0.150. The van der Waals surface area contributed by atoms with E-state index in [0.717, 1.165) is 17.4 Å². The maximum atomic E-state index is 13.7. The SMILES string of the molecule is C#C[C@@H]1[C@H](n2ccc(N)nc2=O)O[C@@](CO)(CF)[C@H]1OCCCC. The van der Waals surface area contributed by atoms with Crippen LogP contribution < -0.4 is 11.4 Å². The first-order chi connectivity index (χ1) is 11.5. The highest BCUT2D eigenvalue weighted by Crippen LogP contribution is 2.42. The number of alkyl halides is 1. The monoisotopic (exact) mass is 339 g/mol. The summed E-state index contributed by atoms with van der Waals surface area (Å²) < 4.78 is 26.3. The molecule has 0 spiro atoms. The molecule has 1 fully saturated rings. The lowest BCUT2D eigenvalue weighted by Crippen LogP contribution is -2.48. The van der Waals surface area contributed by atoms with Crippen LogP contribution in [0.15, 0.2) is 17.1 Å². The maximum absolute atomic E-state index is 13.7. The van der Waals surface area contributed by atoms with Crippen molar-refractivity contribution in [2.45, 2.75) is 37.7 Å². The second-order valence-corrected chi connectivity index (χ2v) is 5.74. The molecule has 1 aliphatic rings. The van der Waals surface area contributed by atoms with Gasteiger partial charge in [0.15, 0.2) is 6.23 Å². The fourth-order valence-corrected chi connectivity index (χ4v) is 2.76. The summed E-state index contributed by atoms with van der Waals surface area (Å²) in [6.45, 7) is 0.730. The molecule has 4 atom stereocenters. The molecule has 0 bridgehead atoms. The number of nitrogens with two attached hydrogens (primary N) is 1. The van der Waals surface area contributed by atoms with E-state index < -0.39 is 42.8 Å². The van der Waals surface area contributed by atoms with Crippen LogP contribution in [0.1, 0.15) is 26.0 Å². The van der Waals surface area contributed by atoms with Crippen molar-refractivity contribution < 1.29 is 19.0 Å². The molecule has 8 heteroatoms. The summed E-state index contributed by atoms with van der Waals surface area (Å²) in [5.74, 6) is 1.81. The van der Waals surface area contributed by atoms with Crippen LogP contribution >= 0.6 is 0 Å². The van der Waals surface area contributed by atoms with Crippen LogP contribution in [0, 0.1) is 18.3 Å². The molecule has 1 aromatic rings. The minimum Gasteiger partial charge on any atom is -0.393 e. The third-order valence-corrected chi connectivity index (χ3v) is 4.11. The maximum Gasteiger partial charge on any atom is 0.351 e. The molecule has 24 heavy (non-hydrogen) atoms. The molecule has 1 saturated heterocycles. The predicted octanol–water partition coefficient (Wildman–Crippen LogP) is 0.490. The molecule has 0 amide bonds. The fraction of sp³-hybridized carbons (Fsp3) is 0.625. The summed E-state index contributed by atoms with van der Waals surface area (Å²) in [6.07, 6.45) is 6.75. The topological polar surface area (TPSA) is 99.6 Å². The van der Waals surface area contributed by atoms with Gasteiger partial charge in [0.2, 0.25) is 0 Å². The molecular formula is C16H22FN3O4.